The maximum Gasteiger partial charge on any atom is 0.255 e. The number of aromatic nitrogens is 1. The molecule has 2 amide bonds. The molecule has 3 aliphatic rings. The number of hydrogen-bond donors (Lipinski definition) is 0. The fraction of sp³-hybridized carbons (Fsp3) is 0.480. The molecular formula is C25H29N3O2. The number of benzene rings is 1. The number of carbonyl (C=O) groups excluding carboxylic acids is 2. The van der Waals surface area contributed by atoms with Gasteiger partial charge in [-0.2, -0.15) is 0 Å². The van der Waals surface area contributed by atoms with Crippen LogP contribution in [0.15, 0.2) is 48.7 Å². The third-order valence-electron chi connectivity index (χ3n) is 7.46. The monoisotopic (exact) mass is 403 g/mol. The van der Waals surface area contributed by atoms with E-state index < -0.39 is 0 Å². The lowest BCUT2D eigenvalue weighted by Crippen LogP contribution is -2.66. The van der Waals surface area contributed by atoms with Gasteiger partial charge in [0.05, 0.1) is 17.0 Å². The minimum absolute atomic E-state index is 0.0564. The van der Waals surface area contributed by atoms with E-state index in [9.17, 15) is 9.59 Å². The predicted octanol–water partition coefficient (Wildman–Crippen LogP) is 4.14. The average Bonchev–Trinajstić information content (AvgIpc) is 3.30. The molecule has 3 fully saturated rings. The van der Waals surface area contributed by atoms with Crippen LogP contribution in [0.5, 0.6) is 0 Å². The second-order valence-electron chi connectivity index (χ2n) is 9.05. The van der Waals surface area contributed by atoms with Crippen molar-refractivity contribution >= 4 is 11.8 Å². The third kappa shape index (κ3) is 2.94. The first-order chi connectivity index (χ1) is 14.6. The van der Waals surface area contributed by atoms with Gasteiger partial charge in [0.1, 0.15) is 0 Å². The number of amides is 2. The number of β-lactam (4-membered cyclic amide) rings is 1. The molecule has 3 heterocycles. The SMILES string of the molecule is Cc1ncccc1C(=O)N1CCC(N2C(=O)C3(CCCC3)C2c2ccccc2)CC1. The molecule has 5 rings (SSSR count). The lowest BCUT2D eigenvalue weighted by atomic mass is 9.65. The smallest absolute Gasteiger partial charge is 0.255 e. The van der Waals surface area contributed by atoms with Crippen molar-refractivity contribution in [3.05, 3.63) is 65.5 Å². The van der Waals surface area contributed by atoms with E-state index in [1.165, 1.54) is 5.56 Å². The number of hydrogen-bond acceptors (Lipinski definition) is 3. The Balaban J connectivity index is 1.32. The Labute approximate surface area is 178 Å². The summed E-state index contributed by atoms with van der Waals surface area (Å²) in [5, 5.41) is 0. The van der Waals surface area contributed by atoms with Gasteiger partial charge in [0.25, 0.3) is 5.91 Å². The highest BCUT2D eigenvalue weighted by atomic mass is 16.2. The van der Waals surface area contributed by atoms with E-state index in [1.54, 1.807) is 6.20 Å². The topological polar surface area (TPSA) is 53.5 Å². The van der Waals surface area contributed by atoms with E-state index in [0.717, 1.165) is 44.2 Å². The molecule has 5 heteroatoms. The summed E-state index contributed by atoms with van der Waals surface area (Å²) in [6.45, 7) is 3.26. The van der Waals surface area contributed by atoms with Crippen LogP contribution < -0.4 is 0 Å². The fourth-order valence-corrected chi connectivity index (χ4v) is 5.90. The first-order valence-corrected chi connectivity index (χ1v) is 11.2. The van der Waals surface area contributed by atoms with Crippen molar-refractivity contribution in [2.24, 2.45) is 5.41 Å². The lowest BCUT2D eigenvalue weighted by molar-refractivity contribution is -0.180. The van der Waals surface area contributed by atoms with Gasteiger partial charge in [-0.3, -0.25) is 14.6 Å². The number of pyridine rings is 1. The molecule has 5 nitrogen and oxygen atoms in total. The van der Waals surface area contributed by atoms with Crippen molar-refractivity contribution in [3.63, 3.8) is 0 Å². The highest BCUT2D eigenvalue weighted by Crippen LogP contribution is 2.60. The standard InChI is InChI=1S/C25H29N3O2/c1-18-21(10-7-15-26-18)23(29)27-16-11-20(12-17-27)28-22(19-8-3-2-4-9-19)25(24(28)30)13-5-6-14-25/h2-4,7-10,15,20,22H,5-6,11-14,16-17H2,1H3. The van der Waals surface area contributed by atoms with Crippen LogP contribution in [0.1, 0.15) is 66.2 Å². The second kappa shape index (κ2) is 7.53. The minimum atomic E-state index is -0.179. The van der Waals surface area contributed by atoms with Crippen LogP contribution in [0, 0.1) is 12.3 Å². The Morgan fingerprint density at radius 1 is 1.03 bits per heavy atom. The summed E-state index contributed by atoms with van der Waals surface area (Å²) in [4.78, 5) is 34.7. The summed E-state index contributed by atoms with van der Waals surface area (Å²) < 4.78 is 0. The van der Waals surface area contributed by atoms with E-state index in [2.05, 4.69) is 34.1 Å². The molecule has 0 N–H and O–H groups in total. The molecule has 1 atom stereocenters. The van der Waals surface area contributed by atoms with Crippen molar-refractivity contribution in [3.8, 4) is 0 Å². The van der Waals surface area contributed by atoms with Crippen molar-refractivity contribution in [1.82, 2.24) is 14.8 Å². The molecule has 1 spiro atoms. The highest BCUT2D eigenvalue weighted by Gasteiger charge is 2.63. The zero-order valence-corrected chi connectivity index (χ0v) is 17.6. The number of carbonyl (C=O) groups is 2. The first kappa shape index (κ1) is 19.3. The van der Waals surface area contributed by atoms with Gasteiger partial charge < -0.3 is 9.80 Å². The minimum Gasteiger partial charge on any atom is -0.338 e. The summed E-state index contributed by atoms with van der Waals surface area (Å²) >= 11 is 0. The fourth-order valence-electron chi connectivity index (χ4n) is 5.90. The van der Waals surface area contributed by atoms with E-state index in [0.29, 0.717) is 24.6 Å². The molecule has 30 heavy (non-hydrogen) atoms. The molecule has 1 unspecified atom stereocenters. The van der Waals surface area contributed by atoms with Gasteiger partial charge in [-0.1, -0.05) is 43.2 Å². The lowest BCUT2D eigenvalue weighted by Gasteiger charge is -2.59. The summed E-state index contributed by atoms with van der Waals surface area (Å²) in [6.07, 6.45) is 7.74. The normalized spacial score (nSPS) is 23.6. The second-order valence-corrected chi connectivity index (χ2v) is 9.05. The Morgan fingerprint density at radius 3 is 2.40 bits per heavy atom. The van der Waals surface area contributed by atoms with Gasteiger partial charge in [-0.05, 0) is 50.3 Å². The Morgan fingerprint density at radius 2 is 1.73 bits per heavy atom. The molecule has 1 aromatic heterocycles. The number of likely N-dealkylation sites (tertiary alicyclic amines) is 2. The number of piperidine rings is 1. The predicted molar refractivity (Wildman–Crippen MR) is 115 cm³/mol. The Bertz CT molecular complexity index is 944. The molecular weight excluding hydrogens is 374 g/mol. The molecule has 1 aliphatic carbocycles. The van der Waals surface area contributed by atoms with E-state index in [4.69, 9.17) is 0 Å². The molecule has 1 saturated carbocycles. The van der Waals surface area contributed by atoms with Gasteiger partial charge in [0.15, 0.2) is 0 Å². The van der Waals surface area contributed by atoms with Crippen LogP contribution in [-0.2, 0) is 4.79 Å². The molecule has 2 saturated heterocycles. The summed E-state index contributed by atoms with van der Waals surface area (Å²) in [7, 11) is 0. The molecule has 0 bridgehead atoms. The van der Waals surface area contributed by atoms with Gasteiger partial charge in [0.2, 0.25) is 5.91 Å². The van der Waals surface area contributed by atoms with Crippen LogP contribution in [0.2, 0.25) is 0 Å². The third-order valence-corrected chi connectivity index (χ3v) is 7.46. The molecule has 156 valence electrons. The zero-order valence-electron chi connectivity index (χ0n) is 17.6. The van der Waals surface area contributed by atoms with Gasteiger partial charge in [-0.25, -0.2) is 0 Å². The Hall–Kier alpha value is -2.69. The van der Waals surface area contributed by atoms with E-state index in [1.807, 2.05) is 30.0 Å². The first-order valence-electron chi connectivity index (χ1n) is 11.2. The maximum atomic E-state index is 13.4. The number of aryl methyl sites for hydroxylation is 1. The largest absolute Gasteiger partial charge is 0.338 e. The molecule has 2 aliphatic heterocycles. The number of nitrogens with zero attached hydrogens (tertiary/aromatic N) is 3. The highest BCUT2D eigenvalue weighted by molar-refractivity contribution is 5.95. The van der Waals surface area contributed by atoms with Crippen LogP contribution in [-0.4, -0.2) is 45.7 Å². The zero-order chi connectivity index (χ0) is 20.7. The van der Waals surface area contributed by atoms with Crippen molar-refractivity contribution in [2.75, 3.05) is 13.1 Å². The van der Waals surface area contributed by atoms with Crippen molar-refractivity contribution in [2.45, 2.75) is 57.5 Å². The van der Waals surface area contributed by atoms with Gasteiger partial charge >= 0.3 is 0 Å². The molecule has 0 radical (unpaired) electrons. The number of rotatable bonds is 3. The summed E-state index contributed by atoms with van der Waals surface area (Å²) in [5.41, 5.74) is 2.54. The quantitative estimate of drug-likeness (QED) is 0.724. The van der Waals surface area contributed by atoms with E-state index >= 15 is 0 Å². The van der Waals surface area contributed by atoms with Crippen LogP contribution in [0.4, 0.5) is 0 Å². The van der Waals surface area contributed by atoms with Crippen molar-refractivity contribution < 1.29 is 9.59 Å². The summed E-state index contributed by atoms with van der Waals surface area (Å²) in [5.74, 6) is 0.405. The van der Waals surface area contributed by atoms with Crippen molar-refractivity contribution in [1.29, 1.82) is 0 Å². The Kier molecular flexibility index (Phi) is 4.84. The van der Waals surface area contributed by atoms with Crippen LogP contribution >= 0.6 is 0 Å². The van der Waals surface area contributed by atoms with E-state index in [-0.39, 0.29) is 23.4 Å². The van der Waals surface area contributed by atoms with Gasteiger partial charge in [-0.15, -0.1) is 0 Å². The van der Waals surface area contributed by atoms with Gasteiger partial charge in [0, 0.05) is 31.0 Å². The summed E-state index contributed by atoms with van der Waals surface area (Å²) in [6, 6.07) is 14.6. The van der Waals surface area contributed by atoms with Crippen LogP contribution in [0.25, 0.3) is 0 Å². The van der Waals surface area contributed by atoms with Crippen LogP contribution in [0.3, 0.4) is 0 Å². The molecule has 1 aromatic carbocycles. The molecule has 2 aromatic rings. The maximum absolute atomic E-state index is 13.4. The average molecular weight is 404 g/mol.